The molecule has 0 bridgehead atoms. The molecule has 0 atom stereocenters. The van der Waals surface area contributed by atoms with Gasteiger partial charge in [-0.25, -0.2) is 13.1 Å². The highest BCUT2D eigenvalue weighted by atomic mass is 35.5. The average molecular weight is 323 g/mol. The maximum absolute atomic E-state index is 12.3. The van der Waals surface area contributed by atoms with Crippen LogP contribution in [-0.4, -0.2) is 20.5 Å². The first-order valence-corrected chi connectivity index (χ1v) is 8.36. The normalized spacial score (nSPS) is 24.4. The average Bonchev–Trinajstić information content (AvgIpc) is 2.35. The maximum Gasteiger partial charge on any atom is 0.242 e. The van der Waals surface area contributed by atoms with Crippen LogP contribution in [-0.2, 0) is 10.0 Å². The zero-order valence-corrected chi connectivity index (χ0v) is 12.6. The Labute approximate surface area is 123 Å². The van der Waals surface area contributed by atoms with E-state index in [1.807, 2.05) is 0 Å². The van der Waals surface area contributed by atoms with Gasteiger partial charge in [-0.3, -0.25) is 0 Å². The van der Waals surface area contributed by atoms with Crippen LogP contribution in [0, 0.1) is 0 Å². The van der Waals surface area contributed by atoms with E-state index in [4.69, 9.17) is 28.9 Å². The quantitative estimate of drug-likeness (QED) is 0.898. The van der Waals surface area contributed by atoms with Crippen molar-refractivity contribution in [3.05, 3.63) is 28.2 Å². The van der Waals surface area contributed by atoms with Gasteiger partial charge in [-0.2, -0.15) is 0 Å². The molecule has 0 amide bonds. The van der Waals surface area contributed by atoms with Crippen molar-refractivity contribution in [1.82, 2.24) is 4.72 Å². The van der Waals surface area contributed by atoms with Gasteiger partial charge in [0, 0.05) is 12.1 Å². The van der Waals surface area contributed by atoms with E-state index < -0.39 is 10.0 Å². The van der Waals surface area contributed by atoms with E-state index in [2.05, 4.69) is 4.72 Å². The summed E-state index contributed by atoms with van der Waals surface area (Å²) in [6, 6.07) is 4.67. The van der Waals surface area contributed by atoms with Gasteiger partial charge in [-0.05, 0) is 37.8 Å². The van der Waals surface area contributed by atoms with Gasteiger partial charge in [-0.15, -0.1) is 0 Å². The largest absolute Gasteiger partial charge is 0.328 e. The van der Waals surface area contributed by atoms with Gasteiger partial charge in [0.05, 0.1) is 10.0 Å². The summed E-state index contributed by atoms with van der Waals surface area (Å²) in [6.07, 6.45) is 3.16. The second-order valence-electron chi connectivity index (χ2n) is 4.78. The molecule has 0 aliphatic heterocycles. The van der Waals surface area contributed by atoms with Gasteiger partial charge in [-0.1, -0.05) is 29.3 Å². The summed E-state index contributed by atoms with van der Waals surface area (Å²) in [5, 5.41) is 0.291. The van der Waals surface area contributed by atoms with E-state index in [0.29, 0.717) is 0 Å². The topological polar surface area (TPSA) is 72.2 Å². The number of halogens is 2. The van der Waals surface area contributed by atoms with Crippen molar-refractivity contribution in [2.75, 3.05) is 0 Å². The molecule has 1 aliphatic carbocycles. The van der Waals surface area contributed by atoms with Crippen molar-refractivity contribution in [3.8, 4) is 0 Å². The molecule has 1 saturated carbocycles. The lowest BCUT2D eigenvalue weighted by atomic mass is 9.93. The molecule has 0 saturated heterocycles. The summed E-state index contributed by atoms with van der Waals surface area (Å²) in [4.78, 5) is 0.0246. The molecule has 0 radical (unpaired) electrons. The third-order valence-electron chi connectivity index (χ3n) is 3.30. The smallest absolute Gasteiger partial charge is 0.242 e. The molecule has 2 rings (SSSR count). The molecule has 0 heterocycles. The van der Waals surface area contributed by atoms with E-state index in [1.165, 1.54) is 6.07 Å². The number of nitrogens with two attached hydrogens (primary N) is 1. The third kappa shape index (κ3) is 3.61. The minimum atomic E-state index is -3.64. The fourth-order valence-corrected chi connectivity index (χ4v) is 4.28. The molecule has 106 valence electrons. The number of nitrogens with one attached hydrogen (secondary N) is 1. The Morgan fingerprint density at radius 2 is 1.79 bits per heavy atom. The Morgan fingerprint density at radius 1 is 1.16 bits per heavy atom. The van der Waals surface area contributed by atoms with Crippen LogP contribution in [0.15, 0.2) is 23.1 Å². The van der Waals surface area contributed by atoms with Crippen molar-refractivity contribution in [2.45, 2.75) is 42.7 Å². The van der Waals surface area contributed by atoms with Crippen LogP contribution in [0.4, 0.5) is 0 Å². The highest BCUT2D eigenvalue weighted by Gasteiger charge is 2.26. The molecule has 1 aliphatic rings. The van der Waals surface area contributed by atoms with Crippen molar-refractivity contribution in [3.63, 3.8) is 0 Å². The minimum absolute atomic E-state index is 0.0246. The molecule has 0 aromatic heterocycles. The third-order valence-corrected chi connectivity index (χ3v) is 5.79. The number of sulfonamides is 1. The molecule has 1 aromatic carbocycles. The van der Waals surface area contributed by atoms with Crippen LogP contribution < -0.4 is 10.5 Å². The van der Waals surface area contributed by atoms with Crippen LogP contribution in [0.1, 0.15) is 25.7 Å². The second-order valence-corrected chi connectivity index (χ2v) is 7.25. The van der Waals surface area contributed by atoms with Gasteiger partial charge in [0.1, 0.15) is 4.90 Å². The maximum atomic E-state index is 12.3. The van der Waals surface area contributed by atoms with Gasteiger partial charge in [0.2, 0.25) is 10.0 Å². The Hall–Kier alpha value is -0.330. The number of hydrogen-bond acceptors (Lipinski definition) is 3. The molecule has 1 fully saturated rings. The first kappa shape index (κ1) is 15.1. The van der Waals surface area contributed by atoms with Crippen LogP contribution in [0.25, 0.3) is 0 Å². The molecule has 19 heavy (non-hydrogen) atoms. The van der Waals surface area contributed by atoms with Gasteiger partial charge >= 0.3 is 0 Å². The molecule has 0 unspecified atom stereocenters. The number of rotatable bonds is 3. The second kappa shape index (κ2) is 5.97. The lowest BCUT2D eigenvalue weighted by Gasteiger charge is -2.26. The number of benzene rings is 1. The Kier molecular flexibility index (Phi) is 4.74. The first-order valence-electron chi connectivity index (χ1n) is 6.12. The zero-order valence-electron chi connectivity index (χ0n) is 10.3. The first-order chi connectivity index (χ1) is 8.90. The highest BCUT2D eigenvalue weighted by molar-refractivity contribution is 7.89. The van der Waals surface area contributed by atoms with Crippen molar-refractivity contribution >= 4 is 33.2 Å². The van der Waals surface area contributed by atoms with E-state index in [1.54, 1.807) is 12.1 Å². The monoisotopic (exact) mass is 322 g/mol. The van der Waals surface area contributed by atoms with Crippen LogP contribution in [0.3, 0.4) is 0 Å². The highest BCUT2D eigenvalue weighted by Crippen LogP contribution is 2.29. The molecule has 0 spiro atoms. The van der Waals surface area contributed by atoms with Crippen LogP contribution >= 0.6 is 23.2 Å². The standard InChI is InChI=1S/C12H16Cl2N2O2S/c13-10-2-1-3-11(12(10)14)19(17,18)16-9-6-4-8(15)5-7-9/h1-3,8-9,16H,4-7,15H2. The fraction of sp³-hybridized carbons (Fsp3) is 0.500. The predicted molar refractivity (Wildman–Crippen MR) is 77.0 cm³/mol. The van der Waals surface area contributed by atoms with Gasteiger partial charge in [0.15, 0.2) is 0 Å². The fourth-order valence-electron chi connectivity index (χ4n) is 2.21. The molecule has 3 N–H and O–H groups in total. The van der Waals surface area contributed by atoms with E-state index in [-0.39, 0.29) is 27.0 Å². The van der Waals surface area contributed by atoms with E-state index in [9.17, 15) is 8.42 Å². The molecular weight excluding hydrogens is 307 g/mol. The lowest BCUT2D eigenvalue weighted by molar-refractivity contribution is 0.373. The Morgan fingerprint density at radius 3 is 2.42 bits per heavy atom. The Bertz CT molecular complexity index is 555. The SMILES string of the molecule is NC1CCC(NS(=O)(=O)c2cccc(Cl)c2Cl)CC1. The van der Waals surface area contributed by atoms with Crippen molar-refractivity contribution < 1.29 is 8.42 Å². The number of hydrogen-bond donors (Lipinski definition) is 2. The summed E-state index contributed by atoms with van der Waals surface area (Å²) >= 11 is 11.8. The van der Waals surface area contributed by atoms with Crippen LogP contribution in [0.2, 0.25) is 10.0 Å². The molecule has 4 nitrogen and oxygen atoms in total. The van der Waals surface area contributed by atoms with Crippen molar-refractivity contribution in [1.29, 1.82) is 0 Å². The summed E-state index contributed by atoms with van der Waals surface area (Å²) in [6.45, 7) is 0. The summed E-state index contributed by atoms with van der Waals surface area (Å²) in [5.74, 6) is 0. The molecule has 1 aromatic rings. The zero-order chi connectivity index (χ0) is 14.0. The van der Waals surface area contributed by atoms with Crippen LogP contribution in [0.5, 0.6) is 0 Å². The minimum Gasteiger partial charge on any atom is -0.328 e. The summed E-state index contributed by atoms with van der Waals surface area (Å²) in [7, 11) is -3.64. The van der Waals surface area contributed by atoms with E-state index in [0.717, 1.165) is 25.7 Å². The van der Waals surface area contributed by atoms with E-state index >= 15 is 0 Å². The van der Waals surface area contributed by atoms with Crippen molar-refractivity contribution in [2.24, 2.45) is 5.73 Å². The molecular formula is C12H16Cl2N2O2S. The Balaban J connectivity index is 2.16. The molecule has 7 heteroatoms. The summed E-state index contributed by atoms with van der Waals surface area (Å²) < 4.78 is 27.2. The van der Waals surface area contributed by atoms with Gasteiger partial charge in [0.25, 0.3) is 0 Å². The lowest BCUT2D eigenvalue weighted by Crippen LogP contribution is -2.40. The van der Waals surface area contributed by atoms with Gasteiger partial charge < -0.3 is 5.73 Å². The summed E-state index contributed by atoms with van der Waals surface area (Å²) in [5.41, 5.74) is 5.80. The predicted octanol–water partition coefficient (Wildman–Crippen LogP) is 2.54.